The third kappa shape index (κ3) is 24.1. The zero-order valence-electron chi connectivity index (χ0n) is 83.5. The summed E-state index contributed by atoms with van der Waals surface area (Å²) in [6, 6.07) is 0. The standard InChI is InChI=1S/C40H65NO4.C36H57NO6.C32H54N2O6S.6CH4/c1-8-25(2)36(44)45-29-16-18-38(6)28(23-29)10-11-30-32-13-12-31(39(32,7)19-17-33(30)38)26(3)9-14-35(43)41-22-21-40-20-15-27(24-34(40)42)37(40,4)5;1-6-22(2)33(40)43-25-13-17-35(4)24(21-25)8-9-26-29-11-10-28(36(29,5)18-14-30(26)35)23(3)7-12-32(39)37-19-15-31(38)27-16-20-42-34(27)41;1-7-20(2)30(37)40-23-14-16-31(4)22(18-23)9-10-24-26-12-11-25(32(26,5)17-15-27(24)31)21(3)8-13-28(35)33-19-29(36)34-41(6,38)39;;;;;;/h25-33H,8-24H2,1-7H3,(H,41,43);22-30H,6-21H2,1-5H3,(H,37,39);20-27H,7-19H2,1-6H3,(H,33,35)(H,34,36);6*1H4/t25?,26?,27?,28?,29-,30?,31?,32?,33?,38-,39+,40?;22?,23?,24?,25?,26?,27?,28?,29?,30?,35-,36+;20?,21?,22?,23?,24?,25?,26?,27?,31-,32+;;;;;;/m000....../s1. The smallest absolute Gasteiger partial charge is 0.316 e. The molecule has 1 heterocycles. The molecule has 14 saturated carbocycles. The molecule has 778 valence electrons. The molecule has 0 aromatic carbocycles. The maximum atomic E-state index is 13.0. The van der Waals surface area contributed by atoms with Crippen molar-refractivity contribution in [3.8, 4) is 0 Å². The van der Waals surface area contributed by atoms with Crippen molar-refractivity contribution in [2.75, 3.05) is 32.5 Å². The molecule has 1 aliphatic heterocycles. The molecule has 135 heavy (non-hydrogen) atoms. The summed E-state index contributed by atoms with van der Waals surface area (Å²) in [6.07, 6.45) is 45.3. The van der Waals surface area contributed by atoms with Gasteiger partial charge in [0.1, 0.15) is 35.8 Å². The number of amides is 4. The molecular weight excluding hydrogens is 1710 g/mol. The first-order chi connectivity index (χ1) is 60.9. The summed E-state index contributed by atoms with van der Waals surface area (Å²) in [6.45, 7) is 40.1. The minimum atomic E-state index is -3.63. The number of hydrogen-bond donors (Lipinski definition) is 4. The number of sulfonamides is 1. The van der Waals surface area contributed by atoms with Gasteiger partial charge in [-0.3, -0.25) is 52.7 Å². The van der Waals surface area contributed by atoms with E-state index in [4.69, 9.17) is 18.9 Å². The number of Topliss-reactive ketones (excluding diaryl/α,β-unsaturated/α-hetero) is 2. The average molecular weight is 1910 g/mol. The van der Waals surface area contributed by atoms with Crippen LogP contribution in [-0.4, -0.2) is 118 Å². The summed E-state index contributed by atoms with van der Waals surface area (Å²) < 4.78 is 47.1. The van der Waals surface area contributed by atoms with Gasteiger partial charge < -0.3 is 34.9 Å². The van der Waals surface area contributed by atoms with Crippen LogP contribution in [-0.2, 0) is 76.9 Å². The summed E-state index contributed by atoms with van der Waals surface area (Å²) >= 11 is 0. The molecule has 0 aromatic heterocycles. The summed E-state index contributed by atoms with van der Waals surface area (Å²) in [5.74, 6) is 11.5. The lowest BCUT2D eigenvalue weighted by atomic mass is 9.44. The van der Waals surface area contributed by atoms with E-state index < -0.39 is 27.8 Å². The number of cyclic esters (lactones) is 1. The van der Waals surface area contributed by atoms with Crippen molar-refractivity contribution in [2.24, 2.45) is 179 Å². The molecule has 15 aliphatic rings. The molecule has 0 aromatic rings. The van der Waals surface area contributed by atoms with E-state index in [1.807, 2.05) is 32.4 Å². The van der Waals surface area contributed by atoms with E-state index >= 15 is 0 Å². The average Bonchev–Trinajstić information content (AvgIpc) is 1.65. The molecule has 26 unspecified atom stereocenters. The number of hydrogen-bond acceptors (Lipinski definition) is 16. The van der Waals surface area contributed by atoms with Gasteiger partial charge in [-0.05, 0) is 381 Å². The van der Waals surface area contributed by atoms with Gasteiger partial charge in [0.2, 0.25) is 27.7 Å². The third-order valence-electron chi connectivity index (χ3n) is 42.3. The molecular formula is C114H200N4O16S. The van der Waals surface area contributed by atoms with Gasteiger partial charge in [0.25, 0.3) is 5.91 Å². The first kappa shape index (κ1) is 117. The van der Waals surface area contributed by atoms with Crippen molar-refractivity contribution in [3.05, 3.63) is 0 Å². The molecule has 14 aliphatic carbocycles. The molecule has 15 rings (SSSR count). The normalized spacial score (nSPS) is 39.1. The predicted octanol–water partition coefficient (Wildman–Crippen LogP) is 24.6. The number of ketones is 2. The highest BCUT2D eigenvalue weighted by molar-refractivity contribution is 7.89. The van der Waals surface area contributed by atoms with E-state index in [1.54, 1.807) is 0 Å². The maximum Gasteiger partial charge on any atom is 0.316 e. The van der Waals surface area contributed by atoms with Crippen LogP contribution in [0.5, 0.6) is 0 Å². The van der Waals surface area contributed by atoms with Crippen LogP contribution >= 0.6 is 0 Å². The Morgan fingerprint density at radius 1 is 0.393 bits per heavy atom. The number of rotatable bonds is 31. The maximum absolute atomic E-state index is 13.0. The fourth-order valence-electron chi connectivity index (χ4n) is 33.7. The molecule has 0 spiro atoms. The number of nitrogens with one attached hydrogen (secondary N) is 4. The predicted molar refractivity (Wildman–Crippen MR) is 543 cm³/mol. The number of fused-ring (bicyclic) bond motifs is 17. The quantitative estimate of drug-likeness (QED) is 0.0285. The summed E-state index contributed by atoms with van der Waals surface area (Å²) in [5, 5.41) is 8.70. The minimum absolute atomic E-state index is 0. The number of carbonyl (C=O) groups is 10. The molecule has 21 heteroatoms. The molecule has 20 nitrogen and oxygen atoms in total. The molecule has 4 amide bonds. The summed E-state index contributed by atoms with van der Waals surface area (Å²) in [4.78, 5) is 124. The van der Waals surface area contributed by atoms with Crippen LogP contribution in [0.2, 0.25) is 0 Å². The highest BCUT2D eigenvalue weighted by Crippen LogP contribution is 2.73. The Hall–Kier alpha value is -4.95. The molecule has 0 radical (unpaired) electrons. The fraction of sp³-hybridized carbons (Fsp3) is 0.912. The van der Waals surface area contributed by atoms with Gasteiger partial charge in [-0.1, -0.05) is 162 Å². The Bertz CT molecular complexity index is 4110. The molecule has 1 saturated heterocycles. The minimum Gasteiger partial charge on any atom is -0.465 e. The van der Waals surface area contributed by atoms with Gasteiger partial charge in [-0.25, -0.2) is 8.42 Å². The highest BCUT2D eigenvalue weighted by Gasteiger charge is 2.67. The van der Waals surface area contributed by atoms with Gasteiger partial charge in [-0.2, -0.15) is 0 Å². The zero-order chi connectivity index (χ0) is 93.5. The Labute approximate surface area is 822 Å². The van der Waals surface area contributed by atoms with Crippen LogP contribution in [0.25, 0.3) is 0 Å². The monoisotopic (exact) mass is 1910 g/mol. The first-order valence-electron chi connectivity index (χ1n) is 53.1. The number of esters is 4. The molecule has 2 bridgehead atoms. The molecule has 15 fully saturated rings. The third-order valence-corrected chi connectivity index (χ3v) is 42.9. The van der Waals surface area contributed by atoms with Gasteiger partial charge >= 0.3 is 23.9 Å². The number of carbonyl (C=O) groups excluding carboxylic acids is 10. The van der Waals surface area contributed by atoms with Crippen molar-refractivity contribution in [3.63, 3.8) is 0 Å². The van der Waals surface area contributed by atoms with Crippen LogP contribution in [0.15, 0.2) is 0 Å². The van der Waals surface area contributed by atoms with Crippen LogP contribution < -0.4 is 20.7 Å². The topological polar surface area (TPSA) is 290 Å². The second kappa shape index (κ2) is 47.5. The first-order valence-corrected chi connectivity index (χ1v) is 55.0. The van der Waals surface area contributed by atoms with Crippen LogP contribution in [0.1, 0.15) is 432 Å². The van der Waals surface area contributed by atoms with Gasteiger partial charge in [0, 0.05) is 57.0 Å². The van der Waals surface area contributed by atoms with E-state index in [0.717, 1.165) is 162 Å². The summed E-state index contributed by atoms with van der Waals surface area (Å²) in [5.41, 5.74) is 2.03. The van der Waals surface area contributed by atoms with Gasteiger partial charge in [0.15, 0.2) is 0 Å². The molecule has 33 atom stereocenters. The summed E-state index contributed by atoms with van der Waals surface area (Å²) in [7, 11) is -3.63. The van der Waals surface area contributed by atoms with Crippen molar-refractivity contribution >= 4 is 69.1 Å². The van der Waals surface area contributed by atoms with Crippen LogP contribution in [0.4, 0.5) is 0 Å². The van der Waals surface area contributed by atoms with Gasteiger partial charge in [0.05, 0.1) is 37.2 Å². The lowest BCUT2D eigenvalue weighted by Crippen LogP contribution is -2.54. The van der Waals surface area contributed by atoms with E-state index in [9.17, 15) is 56.4 Å². The Morgan fingerprint density at radius 2 is 0.733 bits per heavy atom. The zero-order valence-corrected chi connectivity index (χ0v) is 84.3. The van der Waals surface area contributed by atoms with Crippen molar-refractivity contribution in [1.82, 2.24) is 20.7 Å². The SMILES string of the molecule is C.C.C.C.C.C.CCC(C)C(=O)OC1CC[C@@]2(C)C(CCC3C4CCC(C(C)CCC(=O)NCC(=O)NS(C)(=O)=O)[C@@]4(C)CCC32)C1.CCC(C)C(=O)OC1CC[C@@]2(C)C(CCC3C4CCC(C(C)CCC(=O)NCCC(=O)C5CCOC5=O)[C@@]4(C)CCC32)C1.CCC(C)C(=O)O[C@H]1CC[C@@]2(C)C(CCC3C4CCC(C(C)CCC(=O)NCCC56CCC(CC5=O)C6(C)C)[C@@]4(C)CCC32)C1. The largest absolute Gasteiger partial charge is 0.465 e. The molecule has 4 N–H and O–H groups in total. The van der Waals surface area contributed by atoms with Crippen LogP contribution in [0.3, 0.4) is 0 Å². The lowest BCUT2D eigenvalue weighted by molar-refractivity contribution is -0.167. The van der Waals surface area contributed by atoms with Crippen molar-refractivity contribution in [2.45, 2.75) is 450 Å². The van der Waals surface area contributed by atoms with Gasteiger partial charge in [-0.15, -0.1) is 0 Å². The van der Waals surface area contributed by atoms with E-state index in [0.29, 0.717) is 143 Å². The highest BCUT2D eigenvalue weighted by atomic mass is 32.2. The lowest BCUT2D eigenvalue weighted by Gasteiger charge is -2.61. The second-order valence-corrected chi connectivity index (χ2v) is 50.3. The Kier molecular flexibility index (Phi) is 41.2. The Morgan fingerprint density at radius 3 is 1.05 bits per heavy atom. The van der Waals surface area contributed by atoms with Crippen molar-refractivity contribution in [1.29, 1.82) is 0 Å². The van der Waals surface area contributed by atoms with Crippen LogP contribution in [0, 0.1) is 179 Å². The van der Waals surface area contributed by atoms with E-state index in [1.165, 1.54) is 135 Å². The van der Waals surface area contributed by atoms with E-state index in [2.05, 4.69) is 106 Å². The second-order valence-electron chi connectivity index (χ2n) is 48.5. The fourth-order valence-corrected chi connectivity index (χ4v) is 34.2. The van der Waals surface area contributed by atoms with Crippen molar-refractivity contribution < 1.29 is 75.3 Å². The number of ether oxygens (including phenoxy) is 4. The van der Waals surface area contributed by atoms with E-state index in [-0.39, 0.29) is 146 Å². The Balaban J connectivity index is 0.000000270.